The van der Waals surface area contributed by atoms with Gasteiger partial charge < -0.3 is 10.2 Å². The normalized spacial score (nSPS) is 18.3. The number of amidine groups is 1. The number of benzene rings is 1. The van der Waals surface area contributed by atoms with Crippen LogP contribution in [0.4, 0.5) is 13.2 Å². The first-order valence-corrected chi connectivity index (χ1v) is 11.6. The molecule has 33 heavy (non-hydrogen) atoms. The summed E-state index contributed by atoms with van der Waals surface area (Å²) in [7, 11) is -3.49. The van der Waals surface area contributed by atoms with Crippen molar-refractivity contribution in [2.75, 3.05) is 12.3 Å². The van der Waals surface area contributed by atoms with E-state index in [0.717, 1.165) is 12.1 Å². The molecule has 0 radical (unpaired) electrons. The van der Waals surface area contributed by atoms with E-state index >= 15 is 0 Å². The van der Waals surface area contributed by atoms with Crippen LogP contribution in [0.15, 0.2) is 58.8 Å². The molecule has 1 amide bonds. The Morgan fingerprint density at radius 3 is 2.73 bits per heavy atom. The molecule has 12 heteroatoms. The summed E-state index contributed by atoms with van der Waals surface area (Å²) < 4.78 is 67.5. The number of amides is 1. The van der Waals surface area contributed by atoms with E-state index in [1.54, 1.807) is 18.7 Å². The highest BCUT2D eigenvalue weighted by atomic mass is 32.2. The Labute approximate surface area is 188 Å². The van der Waals surface area contributed by atoms with Crippen LogP contribution in [-0.2, 0) is 21.0 Å². The average molecular weight is 479 g/mol. The van der Waals surface area contributed by atoms with Crippen LogP contribution in [-0.4, -0.2) is 47.1 Å². The molecule has 3 heterocycles. The van der Waals surface area contributed by atoms with Gasteiger partial charge in [0.1, 0.15) is 5.84 Å². The predicted octanol–water partition coefficient (Wildman–Crippen LogP) is 2.87. The summed E-state index contributed by atoms with van der Waals surface area (Å²) in [6.45, 7) is 3.65. The molecule has 1 aromatic carbocycles. The van der Waals surface area contributed by atoms with Gasteiger partial charge in [0.15, 0.2) is 0 Å². The van der Waals surface area contributed by atoms with Crippen LogP contribution in [0.25, 0.3) is 5.69 Å². The molecule has 0 fully saturated rings. The van der Waals surface area contributed by atoms with Gasteiger partial charge in [-0.05, 0) is 44.2 Å². The number of halogens is 3. The molecule has 1 N–H and O–H groups in total. The number of fused-ring (bicyclic) bond motifs is 1. The first kappa shape index (κ1) is 22.8. The summed E-state index contributed by atoms with van der Waals surface area (Å²) >= 11 is 0. The third-order valence-electron chi connectivity index (χ3n) is 5.37. The third-order valence-corrected chi connectivity index (χ3v) is 6.53. The van der Waals surface area contributed by atoms with Crippen LogP contribution in [0.2, 0.25) is 0 Å². The topological polar surface area (TPSA) is 96.7 Å². The van der Waals surface area contributed by atoms with E-state index in [-0.39, 0.29) is 23.8 Å². The molecular weight excluding hydrogens is 459 g/mol. The number of carbonyl (C=O) groups excluding carboxylic acids is 1. The van der Waals surface area contributed by atoms with Crippen LogP contribution in [0, 0.1) is 6.92 Å². The van der Waals surface area contributed by atoms with Crippen molar-refractivity contribution in [2.45, 2.75) is 26.1 Å². The minimum atomic E-state index is -4.47. The number of carbonyl (C=O) groups is 1. The van der Waals surface area contributed by atoms with Gasteiger partial charge in [0, 0.05) is 24.0 Å². The Hall–Kier alpha value is -3.41. The summed E-state index contributed by atoms with van der Waals surface area (Å²) in [6, 6.07) is 4.37. The van der Waals surface area contributed by atoms with Crippen molar-refractivity contribution in [1.82, 2.24) is 20.0 Å². The Balaban J connectivity index is 1.51. The van der Waals surface area contributed by atoms with Gasteiger partial charge in [0.2, 0.25) is 0 Å². The van der Waals surface area contributed by atoms with Gasteiger partial charge in [0.05, 0.1) is 34.8 Å². The summed E-state index contributed by atoms with van der Waals surface area (Å²) in [4.78, 5) is 14.4. The van der Waals surface area contributed by atoms with Crippen molar-refractivity contribution in [2.24, 2.45) is 4.40 Å². The predicted molar refractivity (Wildman–Crippen MR) is 115 cm³/mol. The number of alkyl halides is 3. The second kappa shape index (κ2) is 8.18. The molecule has 0 spiro atoms. The minimum absolute atomic E-state index is 0.139. The first-order valence-electron chi connectivity index (χ1n) is 9.97. The van der Waals surface area contributed by atoms with Gasteiger partial charge in [-0.25, -0.2) is 13.1 Å². The maximum atomic E-state index is 13.1. The van der Waals surface area contributed by atoms with Crippen molar-refractivity contribution in [1.29, 1.82) is 0 Å². The molecule has 1 unspecified atom stereocenters. The van der Waals surface area contributed by atoms with Crippen molar-refractivity contribution in [3.05, 3.63) is 71.2 Å². The zero-order valence-electron chi connectivity index (χ0n) is 17.7. The number of rotatable bonds is 4. The maximum absolute atomic E-state index is 13.1. The summed E-state index contributed by atoms with van der Waals surface area (Å²) in [5, 5.41) is 7.05. The number of sulfonamides is 1. The van der Waals surface area contributed by atoms with E-state index in [1.807, 2.05) is 0 Å². The molecule has 2 aliphatic rings. The molecule has 0 bridgehead atoms. The third kappa shape index (κ3) is 4.70. The second-order valence-electron chi connectivity index (χ2n) is 7.69. The lowest BCUT2D eigenvalue weighted by molar-refractivity contribution is -0.137. The number of nitrogens with zero attached hydrogens (tertiary/aromatic N) is 4. The molecule has 8 nitrogen and oxygen atoms in total. The minimum Gasteiger partial charge on any atom is -0.345 e. The van der Waals surface area contributed by atoms with Crippen LogP contribution in [0.1, 0.15) is 29.8 Å². The summed E-state index contributed by atoms with van der Waals surface area (Å²) in [6.07, 6.45) is 1.52. The molecule has 0 saturated heterocycles. The van der Waals surface area contributed by atoms with Gasteiger partial charge in [-0.3, -0.25) is 4.79 Å². The Bertz CT molecular complexity index is 1310. The summed E-state index contributed by atoms with van der Waals surface area (Å²) in [5.74, 6) is -0.276. The van der Waals surface area contributed by atoms with Crippen molar-refractivity contribution in [3.63, 3.8) is 0 Å². The highest BCUT2D eigenvalue weighted by Gasteiger charge is 2.31. The lowest BCUT2D eigenvalue weighted by atomic mass is 10.1. The van der Waals surface area contributed by atoms with Gasteiger partial charge >= 0.3 is 6.18 Å². The summed E-state index contributed by atoms with van der Waals surface area (Å²) in [5.41, 5.74) is 1.04. The van der Waals surface area contributed by atoms with E-state index in [9.17, 15) is 26.4 Å². The van der Waals surface area contributed by atoms with E-state index in [0.29, 0.717) is 16.8 Å². The molecule has 2 aromatic rings. The van der Waals surface area contributed by atoms with Crippen molar-refractivity contribution < 1.29 is 26.4 Å². The lowest BCUT2D eigenvalue weighted by Gasteiger charge is -2.27. The highest BCUT2D eigenvalue weighted by Crippen LogP contribution is 2.31. The first-order chi connectivity index (χ1) is 15.4. The van der Waals surface area contributed by atoms with Crippen molar-refractivity contribution in [3.8, 4) is 5.69 Å². The number of hydrogen-bond acceptors (Lipinski definition) is 5. The van der Waals surface area contributed by atoms with E-state index < -0.39 is 33.7 Å². The molecule has 0 saturated carbocycles. The zero-order valence-corrected chi connectivity index (χ0v) is 18.5. The average Bonchev–Trinajstić information content (AvgIpc) is 3.13. The standard InChI is InChI=1S/C21H20F3N5O3S/c1-13(26-20(30)15-6-7-19-27-33(31,32)9-8-28(19)12-15)18-11-25-29(14(18)2)17-5-3-4-16(10-17)21(22,23)24/h3-7,10-13H,8-9H2,1-2H3,(H,26,30). The largest absolute Gasteiger partial charge is 0.416 e. The molecule has 174 valence electrons. The van der Waals surface area contributed by atoms with Crippen LogP contribution in [0.3, 0.4) is 0 Å². The highest BCUT2D eigenvalue weighted by molar-refractivity contribution is 7.90. The fourth-order valence-corrected chi connectivity index (χ4v) is 4.58. The van der Waals surface area contributed by atoms with Gasteiger partial charge in [0.25, 0.3) is 15.9 Å². The zero-order chi connectivity index (χ0) is 24.0. The van der Waals surface area contributed by atoms with Crippen LogP contribution in [0.5, 0.6) is 0 Å². The number of aromatic nitrogens is 2. The smallest absolute Gasteiger partial charge is 0.345 e. The van der Waals surface area contributed by atoms with Crippen molar-refractivity contribution >= 4 is 21.8 Å². The molecular formula is C21H20F3N5O3S. The van der Waals surface area contributed by atoms with Crippen LogP contribution >= 0.6 is 0 Å². The maximum Gasteiger partial charge on any atom is 0.416 e. The molecule has 2 aliphatic heterocycles. The Morgan fingerprint density at radius 2 is 2.00 bits per heavy atom. The van der Waals surface area contributed by atoms with Crippen LogP contribution < -0.4 is 5.32 Å². The fraction of sp³-hybridized carbons (Fsp3) is 0.286. The monoisotopic (exact) mass is 479 g/mol. The van der Waals surface area contributed by atoms with E-state index in [1.165, 1.54) is 41.4 Å². The SMILES string of the molecule is Cc1c(C(C)NC(=O)C2=CN3CCS(=O)(=O)N=C3C=C2)cnn1-c1cccc(C(F)(F)F)c1. The quantitative estimate of drug-likeness (QED) is 0.728. The van der Waals surface area contributed by atoms with Gasteiger partial charge in [-0.1, -0.05) is 6.07 Å². The fourth-order valence-electron chi connectivity index (χ4n) is 3.61. The second-order valence-corrected chi connectivity index (χ2v) is 9.44. The molecule has 0 aliphatic carbocycles. The van der Waals surface area contributed by atoms with Gasteiger partial charge in [-0.2, -0.15) is 18.3 Å². The Morgan fingerprint density at radius 1 is 1.24 bits per heavy atom. The molecule has 1 aromatic heterocycles. The molecule has 1 atom stereocenters. The number of hydrogen-bond donors (Lipinski definition) is 1. The van der Waals surface area contributed by atoms with E-state index in [2.05, 4.69) is 14.8 Å². The lowest BCUT2D eigenvalue weighted by Crippen LogP contribution is -2.38. The van der Waals surface area contributed by atoms with E-state index in [4.69, 9.17) is 0 Å². The molecule has 4 rings (SSSR count). The Kier molecular flexibility index (Phi) is 5.64. The van der Waals surface area contributed by atoms with Gasteiger partial charge in [-0.15, -0.1) is 4.40 Å². The number of nitrogens with one attached hydrogen (secondary N) is 1.